The van der Waals surface area contributed by atoms with Gasteiger partial charge in [-0.2, -0.15) is 0 Å². The van der Waals surface area contributed by atoms with Crippen LogP contribution in [0.3, 0.4) is 0 Å². The number of nitrogens with zero attached hydrogens (tertiary/aromatic N) is 3. The molecule has 2 aromatic heterocycles. The predicted molar refractivity (Wildman–Crippen MR) is 123 cm³/mol. The zero-order chi connectivity index (χ0) is 23.6. The van der Waals surface area contributed by atoms with Crippen molar-refractivity contribution in [2.24, 2.45) is 0 Å². The number of hydrogen-bond donors (Lipinski definition) is 3. The lowest BCUT2D eigenvalue weighted by molar-refractivity contribution is 0.289. The fourth-order valence-corrected chi connectivity index (χ4v) is 5.40. The van der Waals surface area contributed by atoms with E-state index in [4.69, 9.17) is 14.8 Å². The summed E-state index contributed by atoms with van der Waals surface area (Å²) in [6, 6.07) is 4.45. The molecule has 1 aromatic carbocycles. The number of hydrogen-bond acceptors (Lipinski definition) is 7. The lowest BCUT2D eigenvalue weighted by Gasteiger charge is -2.13. The second-order valence-electron chi connectivity index (χ2n) is 8.14. The number of aromatic nitrogens is 4. The van der Waals surface area contributed by atoms with E-state index in [-0.39, 0.29) is 35.5 Å². The van der Waals surface area contributed by atoms with E-state index in [2.05, 4.69) is 14.7 Å². The van der Waals surface area contributed by atoms with Crippen LogP contribution in [0.1, 0.15) is 56.5 Å². The predicted octanol–water partition coefficient (Wildman–Crippen LogP) is 2.11. The van der Waals surface area contributed by atoms with Gasteiger partial charge in [0.05, 0.1) is 22.8 Å². The number of aryl methyl sites for hydroxylation is 1. The Morgan fingerprint density at radius 3 is 2.73 bits per heavy atom. The zero-order valence-corrected chi connectivity index (χ0v) is 19.6. The van der Waals surface area contributed by atoms with Crippen molar-refractivity contribution in [1.29, 1.82) is 0 Å². The second-order valence-corrected chi connectivity index (χ2v) is 9.91. The van der Waals surface area contributed by atoms with Crippen molar-refractivity contribution in [2.75, 3.05) is 19.8 Å². The summed E-state index contributed by atoms with van der Waals surface area (Å²) in [6.45, 7) is 3.96. The Labute approximate surface area is 192 Å². The van der Waals surface area contributed by atoms with Gasteiger partial charge in [0.15, 0.2) is 5.65 Å². The van der Waals surface area contributed by atoms with Crippen molar-refractivity contribution in [3.63, 3.8) is 0 Å². The number of sulfonamides is 1. The maximum absolute atomic E-state index is 13.0. The summed E-state index contributed by atoms with van der Waals surface area (Å²) in [7, 11) is -3.82. The molecule has 2 heterocycles. The normalized spacial score (nSPS) is 14.9. The number of aliphatic hydroxyl groups excluding tert-OH is 1. The van der Waals surface area contributed by atoms with E-state index < -0.39 is 10.0 Å². The molecule has 33 heavy (non-hydrogen) atoms. The number of fused-ring (bicyclic) bond motifs is 1. The molecule has 3 N–H and O–H groups in total. The largest absolute Gasteiger partial charge is 0.493 e. The molecule has 1 saturated carbocycles. The van der Waals surface area contributed by atoms with Crippen molar-refractivity contribution in [2.45, 2.75) is 56.8 Å². The van der Waals surface area contributed by atoms with Gasteiger partial charge in [-0.15, -0.1) is 0 Å². The molecule has 0 unspecified atom stereocenters. The number of benzene rings is 1. The lowest BCUT2D eigenvalue weighted by Crippen LogP contribution is -2.25. The Balaban J connectivity index is 1.85. The molecule has 0 radical (unpaired) electrons. The maximum Gasteiger partial charge on any atom is 0.334 e. The van der Waals surface area contributed by atoms with Crippen LogP contribution in [0.15, 0.2) is 27.9 Å². The number of H-pyrrole nitrogens is 1. The van der Waals surface area contributed by atoms with Gasteiger partial charge >= 0.3 is 5.69 Å². The van der Waals surface area contributed by atoms with Crippen molar-refractivity contribution in [3.8, 4) is 17.1 Å². The summed E-state index contributed by atoms with van der Waals surface area (Å²) in [6.07, 6.45) is 4.56. The van der Waals surface area contributed by atoms with Crippen LogP contribution < -0.4 is 15.1 Å². The minimum Gasteiger partial charge on any atom is -0.493 e. The smallest absolute Gasteiger partial charge is 0.334 e. The Morgan fingerprint density at radius 2 is 2.03 bits per heavy atom. The van der Waals surface area contributed by atoms with Gasteiger partial charge in [0.2, 0.25) is 10.0 Å². The van der Waals surface area contributed by atoms with Gasteiger partial charge in [-0.3, -0.25) is 4.98 Å². The van der Waals surface area contributed by atoms with Gasteiger partial charge in [-0.05, 0) is 51.3 Å². The summed E-state index contributed by atoms with van der Waals surface area (Å²) in [5.74, 6) is 1.46. The molecule has 0 amide bonds. The fourth-order valence-electron chi connectivity index (χ4n) is 4.30. The molecular weight excluding hydrogens is 446 g/mol. The van der Waals surface area contributed by atoms with Crippen LogP contribution >= 0.6 is 0 Å². The summed E-state index contributed by atoms with van der Waals surface area (Å²) in [4.78, 5) is 25.1. The first-order valence-electron chi connectivity index (χ1n) is 11.2. The van der Waals surface area contributed by atoms with Gasteiger partial charge in [0.25, 0.3) is 0 Å². The third-order valence-corrected chi connectivity index (χ3v) is 7.34. The standard InChI is InChI=1S/C22H29N5O5S/c1-3-32-18-10-9-16(33(30,31)23-11-6-12-28)13-17(18)20-25-21-19(15-7-4-5-8-15)24-14(2)27(21)22(29)26-20/h9-10,13,15,23,28H,3-8,11-12H2,1-2H3,(H,25,26,29). The molecule has 178 valence electrons. The summed E-state index contributed by atoms with van der Waals surface area (Å²) >= 11 is 0. The first-order valence-corrected chi connectivity index (χ1v) is 12.7. The van der Waals surface area contributed by atoms with Crippen LogP contribution in [0.2, 0.25) is 0 Å². The highest BCUT2D eigenvalue weighted by Gasteiger charge is 2.26. The third kappa shape index (κ3) is 4.66. The highest BCUT2D eigenvalue weighted by Crippen LogP contribution is 2.36. The minimum atomic E-state index is -3.82. The molecule has 4 rings (SSSR count). The molecule has 0 aliphatic heterocycles. The zero-order valence-electron chi connectivity index (χ0n) is 18.8. The van der Waals surface area contributed by atoms with E-state index in [9.17, 15) is 13.2 Å². The van der Waals surface area contributed by atoms with Gasteiger partial charge in [-0.1, -0.05) is 12.8 Å². The maximum atomic E-state index is 13.0. The van der Waals surface area contributed by atoms with Gasteiger partial charge in [0.1, 0.15) is 17.4 Å². The quantitative estimate of drug-likeness (QED) is 0.403. The highest BCUT2D eigenvalue weighted by molar-refractivity contribution is 7.89. The van der Waals surface area contributed by atoms with Crippen LogP contribution in [0.5, 0.6) is 5.75 Å². The number of ether oxygens (including phenoxy) is 1. The van der Waals surface area contributed by atoms with E-state index in [1.165, 1.54) is 16.5 Å². The number of imidazole rings is 1. The minimum absolute atomic E-state index is 0.0159. The Bertz CT molecular complexity index is 1310. The van der Waals surface area contributed by atoms with Crippen LogP contribution in [0.4, 0.5) is 0 Å². The van der Waals surface area contributed by atoms with Crippen LogP contribution in [-0.4, -0.2) is 52.6 Å². The average molecular weight is 476 g/mol. The Kier molecular flexibility index (Phi) is 6.82. The highest BCUT2D eigenvalue weighted by atomic mass is 32.2. The first kappa shape index (κ1) is 23.4. The van der Waals surface area contributed by atoms with E-state index in [0.29, 0.717) is 35.8 Å². The van der Waals surface area contributed by atoms with Gasteiger partial charge in [0, 0.05) is 19.1 Å². The Hall–Kier alpha value is -2.76. The summed E-state index contributed by atoms with van der Waals surface area (Å²) < 4.78 is 35.1. The molecule has 1 aliphatic rings. The van der Waals surface area contributed by atoms with Crippen molar-refractivity contribution in [1.82, 2.24) is 24.1 Å². The Morgan fingerprint density at radius 1 is 1.27 bits per heavy atom. The molecule has 0 spiro atoms. The fraction of sp³-hybridized carbons (Fsp3) is 0.500. The number of aromatic amines is 1. The van der Waals surface area contributed by atoms with Crippen molar-refractivity contribution < 1.29 is 18.3 Å². The molecule has 11 heteroatoms. The first-order chi connectivity index (χ1) is 15.9. The summed E-state index contributed by atoms with van der Waals surface area (Å²) in [5.41, 5.74) is 1.29. The van der Waals surface area contributed by atoms with E-state index in [0.717, 1.165) is 31.4 Å². The molecule has 10 nitrogen and oxygen atoms in total. The van der Waals surface area contributed by atoms with E-state index in [1.807, 2.05) is 6.92 Å². The van der Waals surface area contributed by atoms with Crippen LogP contribution in [0.25, 0.3) is 17.0 Å². The van der Waals surface area contributed by atoms with Crippen molar-refractivity contribution in [3.05, 3.63) is 40.2 Å². The molecule has 1 fully saturated rings. The molecule has 0 bridgehead atoms. The average Bonchev–Trinajstić information content (AvgIpc) is 3.42. The number of aliphatic hydroxyl groups is 1. The van der Waals surface area contributed by atoms with Gasteiger partial charge < -0.3 is 9.84 Å². The molecule has 0 saturated heterocycles. The second kappa shape index (κ2) is 9.62. The molecule has 3 aromatic rings. The van der Waals surface area contributed by atoms with E-state index >= 15 is 0 Å². The molecule has 0 atom stereocenters. The van der Waals surface area contributed by atoms with Gasteiger partial charge in [-0.25, -0.2) is 32.3 Å². The van der Waals surface area contributed by atoms with Crippen molar-refractivity contribution >= 4 is 15.7 Å². The SMILES string of the molecule is CCOc1ccc(S(=O)(=O)NCCCO)cc1-c1nc2c(C3CCCC3)nc(C)n2c(=O)[nH]1. The number of rotatable bonds is 9. The summed E-state index contributed by atoms with van der Waals surface area (Å²) in [5, 5.41) is 8.94. The van der Waals surface area contributed by atoms with E-state index in [1.54, 1.807) is 13.0 Å². The van der Waals surface area contributed by atoms with Crippen LogP contribution in [0, 0.1) is 6.92 Å². The molecule has 1 aliphatic carbocycles. The lowest BCUT2D eigenvalue weighted by atomic mass is 10.0. The van der Waals surface area contributed by atoms with Crippen LogP contribution in [-0.2, 0) is 10.0 Å². The topological polar surface area (TPSA) is 139 Å². The molecular formula is C22H29N5O5S. The third-order valence-electron chi connectivity index (χ3n) is 5.88. The monoisotopic (exact) mass is 475 g/mol. The number of nitrogens with one attached hydrogen (secondary N) is 2.